The molecule has 2 heterocycles. The number of carbonyl (C=O) groups is 1. The SMILES string of the molecule is Cc1ccccc1[N+](Cc1ccccc1)(c1ccccc1C)C1C(=O)N2C(C#N)C(C)(C)S[C@@H]12. The highest BCUT2D eigenvalue weighted by Gasteiger charge is 2.69. The minimum Gasteiger partial charge on any atom is -0.301 e. The maximum atomic E-state index is 14.1. The molecule has 0 saturated carbocycles. The Kier molecular flexibility index (Phi) is 5.55. The molecule has 3 aromatic rings. The van der Waals surface area contributed by atoms with Gasteiger partial charge >= 0.3 is 0 Å². The Labute approximate surface area is 206 Å². The highest BCUT2D eigenvalue weighted by atomic mass is 32.2. The van der Waals surface area contributed by atoms with Crippen molar-refractivity contribution >= 4 is 29.0 Å². The molecule has 0 bridgehead atoms. The summed E-state index contributed by atoms with van der Waals surface area (Å²) in [6.45, 7) is 9.10. The first-order valence-electron chi connectivity index (χ1n) is 11.7. The van der Waals surface area contributed by atoms with Crippen LogP contribution >= 0.6 is 11.8 Å². The maximum absolute atomic E-state index is 14.1. The van der Waals surface area contributed by atoms with Crippen LogP contribution in [0.25, 0.3) is 0 Å². The van der Waals surface area contributed by atoms with Gasteiger partial charge in [0.2, 0.25) is 6.04 Å². The average Bonchev–Trinajstić information content (AvgIpc) is 3.06. The van der Waals surface area contributed by atoms with Crippen molar-refractivity contribution in [2.24, 2.45) is 0 Å². The summed E-state index contributed by atoms with van der Waals surface area (Å²) in [6, 6.07) is 29.0. The number of nitriles is 1. The van der Waals surface area contributed by atoms with Crippen molar-refractivity contribution in [3.05, 3.63) is 95.6 Å². The fourth-order valence-corrected chi connectivity index (χ4v) is 7.50. The lowest BCUT2D eigenvalue weighted by Gasteiger charge is -2.53. The molecule has 3 aromatic carbocycles. The third-order valence-corrected chi connectivity index (χ3v) is 8.93. The Bertz CT molecular complexity index is 1230. The zero-order valence-corrected chi connectivity index (χ0v) is 20.9. The summed E-state index contributed by atoms with van der Waals surface area (Å²) in [7, 11) is 0. The van der Waals surface area contributed by atoms with Crippen molar-refractivity contribution in [3.8, 4) is 6.07 Å². The van der Waals surface area contributed by atoms with Gasteiger partial charge in [0.1, 0.15) is 29.3 Å². The third kappa shape index (κ3) is 3.28. The van der Waals surface area contributed by atoms with E-state index in [4.69, 9.17) is 0 Å². The number of hydrogen-bond donors (Lipinski definition) is 0. The number of fused-ring (bicyclic) bond motifs is 1. The molecule has 0 aliphatic carbocycles. The minimum atomic E-state index is -0.418. The van der Waals surface area contributed by atoms with Crippen LogP contribution in [0.5, 0.6) is 0 Å². The fraction of sp³-hybridized carbons (Fsp3) is 0.310. The van der Waals surface area contributed by atoms with Crippen molar-refractivity contribution in [1.82, 2.24) is 9.38 Å². The number of β-lactam (4-membered cyclic amide) rings is 1. The van der Waals surface area contributed by atoms with E-state index in [0.717, 1.165) is 22.5 Å². The maximum Gasteiger partial charge on any atom is 0.287 e. The molecule has 2 aliphatic rings. The standard InChI is InChI=1S/C29H30N3OS/c1-20-12-8-10-16-23(20)32(19-22-14-6-5-7-15-22,24-17-11-9-13-21(24)2)26-27(33)31-25(18-30)29(3,4)34-28(26)31/h5-17,25-26,28H,19H2,1-4H3/q+1/t25?,26?,28-/m0/s1. The summed E-state index contributed by atoms with van der Waals surface area (Å²) in [4.78, 5) is 15.9. The van der Waals surface area contributed by atoms with Crippen molar-refractivity contribution in [3.63, 3.8) is 0 Å². The van der Waals surface area contributed by atoms with Gasteiger partial charge in [0.15, 0.2) is 0 Å². The van der Waals surface area contributed by atoms with E-state index in [1.54, 1.807) is 11.8 Å². The number of rotatable bonds is 5. The average molecular weight is 469 g/mol. The van der Waals surface area contributed by atoms with Crippen LogP contribution in [0.3, 0.4) is 0 Å². The summed E-state index contributed by atoms with van der Waals surface area (Å²) in [5, 5.41) is 9.87. The van der Waals surface area contributed by atoms with Crippen molar-refractivity contribution in [2.75, 3.05) is 0 Å². The fourth-order valence-electron chi connectivity index (χ4n) is 5.79. The van der Waals surface area contributed by atoms with Gasteiger partial charge in [-0.3, -0.25) is 4.79 Å². The molecule has 0 N–H and O–H groups in total. The minimum absolute atomic E-state index is 0.0601. The third-order valence-electron chi connectivity index (χ3n) is 7.38. The lowest BCUT2D eigenvalue weighted by molar-refractivity contribution is -0.151. The first kappa shape index (κ1) is 22.7. The normalized spacial score (nSPS) is 23.2. The van der Waals surface area contributed by atoms with E-state index >= 15 is 0 Å². The number of carbonyl (C=O) groups excluding carboxylic acids is 1. The Morgan fingerprint density at radius 1 is 0.912 bits per heavy atom. The lowest BCUT2D eigenvalue weighted by atomic mass is 9.90. The summed E-state index contributed by atoms with van der Waals surface area (Å²) < 4.78 is 0.105. The molecule has 0 radical (unpaired) electrons. The Morgan fingerprint density at radius 3 is 1.97 bits per heavy atom. The van der Waals surface area contributed by atoms with E-state index in [1.165, 1.54) is 5.56 Å². The zero-order valence-electron chi connectivity index (χ0n) is 20.1. The summed E-state index contributed by atoms with van der Waals surface area (Å²) in [5.74, 6) is 0.0667. The second kappa shape index (κ2) is 8.30. The van der Waals surface area contributed by atoms with Crippen molar-refractivity contribution in [1.29, 1.82) is 5.26 Å². The molecule has 5 heteroatoms. The number of hydrogen-bond acceptors (Lipinski definition) is 3. The van der Waals surface area contributed by atoms with Crippen LogP contribution in [0, 0.1) is 25.2 Å². The number of para-hydroxylation sites is 2. The number of thioether (sulfide) groups is 1. The molecule has 1 amide bonds. The van der Waals surface area contributed by atoms with Gasteiger partial charge in [0, 0.05) is 21.4 Å². The van der Waals surface area contributed by atoms with Crippen LogP contribution in [-0.2, 0) is 11.3 Å². The van der Waals surface area contributed by atoms with Gasteiger partial charge in [-0.15, -0.1) is 11.8 Å². The molecule has 2 saturated heterocycles. The predicted octanol–water partition coefficient (Wildman–Crippen LogP) is 6.10. The molecule has 4 nitrogen and oxygen atoms in total. The molecular formula is C29H30N3OS+. The van der Waals surface area contributed by atoms with Crippen LogP contribution < -0.4 is 4.48 Å². The second-order valence-corrected chi connectivity index (χ2v) is 11.7. The van der Waals surface area contributed by atoms with E-state index in [-0.39, 0.29) is 22.1 Å². The monoisotopic (exact) mass is 468 g/mol. The van der Waals surface area contributed by atoms with E-state index in [9.17, 15) is 10.1 Å². The Morgan fingerprint density at radius 2 is 1.44 bits per heavy atom. The first-order valence-corrected chi connectivity index (χ1v) is 12.6. The summed E-state index contributed by atoms with van der Waals surface area (Å²) >= 11 is 1.77. The van der Waals surface area contributed by atoms with Crippen LogP contribution in [-0.4, -0.2) is 33.0 Å². The molecule has 0 aromatic heterocycles. The van der Waals surface area contributed by atoms with Gasteiger partial charge in [-0.25, -0.2) is 4.48 Å². The lowest BCUT2D eigenvalue weighted by Crippen LogP contribution is -2.75. The van der Waals surface area contributed by atoms with Crippen molar-refractivity contribution < 1.29 is 4.79 Å². The van der Waals surface area contributed by atoms with Gasteiger partial charge < -0.3 is 4.90 Å². The molecule has 34 heavy (non-hydrogen) atoms. The summed E-state index contributed by atoms with van der Waals surface area (Å²) in [6.07, 6.45) is 0. The number of benzene rings is 3. The molecule has 3 atom stereocenters. The number of nitrogens with zero attached hydrogens (tertiary/aromatic N) is 3. The number of amides is 1. The van der Waals surface area contributed by atoms with E-state index in [1.807, 2.05) is 11.0 Å². The van der Waals surface area contributed by atoms with Gasteiger partial charge in [-0.2, -0.15) is 5.26 Å². The topological polar surface area (TPSA) is 44.1 Å². The van der Waals surface area contributed by atoms with Crippen LogP contribution in [0.4, 0.5) is 11.4 Å². The molecule has 2 unspecified atom stereocenters. The second-order valence-electron chi connectivity index (χ2n) is 9.92. The highest BCUT2D eigenvalue weighted by molar-refractivity contribution is 8.01. The molecular weight excluding hydrogens is 438 g/mol. The van der Waals surface area contributed by atoms with Crippen molar-refractivity contribution in [2.45, 2.75) is 56.4 Å². The molecule has 2 fully saturated rings. The Balaban J connectivity index is 1.79. The molecule has 0 spiro atoms. The number of aryl methyl sites for hydroxylation is 2. The van der Waals surface area contributed by atoms with Crippen LogP contribution in [0.15, 0.2) is 78.9 Å². The quantitative estimate of drug-likeness (QED) is 0.336. The summed E-state index contributed by atoms with van der Waals surface area (Å²) in [5.41, 5.74) is 5.77. The first-order chi connectivity index (χ1) is 16.3. The molecule has 172 valence electrons. The van der Waals surface area contributed by atoms with E-state index in [2.05, 4.69) is 107 Å². The Hall–Kier alpha value is -3.07. The van der Waals surface area contributed by atoms with Crippen LogP contribution in [0.2, 0.25) is 0 Å². The van der Waals surface area contributed by atoms with Gasteiger partial charge in [-0.05, 0) is 39.8 Å². The van der Waals surface area contributed by atoms with E-state index < -0.39 is 6.04 Å². The van der Waals surface area contributed by atoms with Gasteiger partial charge in [-0.1, -0.05) is 66.7 Å². The largest absolute Gasteiger partial charge is 0.301 e. The zero-order chi connectivity index (χ0) is 24.1. The number of quaternary nitrogens is 1. The highest BCUT2D eigenvalue weighted by Crippen LogP contribution is 2.57. The molecule has 5 rings (SSSR count). The molecule has 2 aliphatic heterocycles. The van der Waals surface area contributed by atoms with Gasteiger partial charge in [0.05, 0.1) is 6.07 Å². The van der Waals surface area contributed by atoms with E-state index in [0.29, 0.717) is 11.0 Å². The predicted molar refractivity (Wildman–Crippen MR) is 139 cm³/mol. The van der Waals surface area contributed by atoms with Crippen LogP contribution in [0.1, 0.15) is 30.5 Å². The van der Waals surface area contributed by atoms with Gasteiger partial charge in [0.25, 0.3) is 5.91 Å². The smallest absolute Gasteiger partial charge is 0.287 e.